The van der Waals surface area contributed by atoms with Crippen molar-refractivity contribution in [3.63, 3.8) is 0 Å². The van der Waals surface area contributed by atoms with Crippen LogP contribution >= 0.6 is 15.9 Å². The van der Waals surface area contributed by atoms with Crippen LogP contribution < -0.4 is 10.6 Å². The highest BCUT2D eigenvalue weighted by atomic mass is 79.9. The van der Waals surface area contributed by atoms with Gasteiger partial charge in [0, 0.05) is 16.8 Å². The predicted molar refractivity (Wildman–Crippen MR) is 90.9 cm³/mol. The van der Waals surface area contributed by atoms with Crippen LogP contribution in [0, 0.1) is 0 Å². The van der Waals surface area contributed by atoms with Gasteiger partial charge in [-0.25, -0.2) is 8.42 Å². The number of hydrogen-bond donors (Lipinski definition) is 2. The average molecular weight is 403 g/mol. The Hall–Kier alpha value is -1.41. The van der Waals surface area contributed by atoms with Crippen LogP contribution in [0.3, 0.4) is 0 Å². The molecule has 0 bridgehead atoms. The fourth-order valence-electron chi connectivity index (χ4n) is 2.01. The number of benzene rings is 1. The van der Waals surface area contributed by atoms with Crippen molar-refractivity contribution >= 4 is 37.6 Å². The minimum absolute atomic E-state index is 0.0492. The van der Waals surface area contributed by atoms with Gasteiger partial charge in [0.15, 0.2) is 0 Å². The maximum Gasteiger partial charge on any atom is 0.253 e. The molecule has 1 aromatic rings. The Bertz CT molecular complexity index is 701. The van der Waals surface area contributed by atoms with Crippen LogP contribution in [0.25, 0.3) is 0 Å². The summed E-state index contributed by atoms with van der Waals surface area (Å²) in [6.07, 6.45) is 3.00. The van der Waals surface area contributed by atoms with Crippen LogP contribution in [-0.4, -0.2) is 44.3 Å². The number of sulfone groups is 1. The Morgan fingerprint density at radius 1 is 1.30 bits per heavy atom. The molecule has 0 heterocycles. The molecule has 1 aliphatic carbocycles. The molecule has 0 spiro atoms. The lowest BCUT2D eigenvalue weighted by Gasteiger charge is -2.18. The lowest BCUT2D eigenvalue weighted by molar-refractivity contribution is -0.123. The molecule has 126 valence electrons. The van der Waals surface area contributed by atoms with Gasteiger partial charge in [0.1, 0.15) is 15.9 Å². The van der Waals surface area contributed by atoms with Crippen molar-refractivity contribution in [3.05, 3.63) is 34.3 Å². The summed E-state index contributed by atoms with van der Waals surface area (Å²) in [5, 5.41) is 5.44. The van der Waals surface area contributed by atoms with E-state index in [1.165, 1.54) is 0 Å². The molecular weight excluding hydrogens is 384 g/mol. The van der Waals surface area contributed by atoms with Crippen molar-refractivity contribution in [3.8, 4) is 0 Å². The van der Waals surface area contributed by atoms with Gasteiger partial charge >= 0.3 is 0 Å². The fraction of sp³-hybridized carbons (Fsp3) is 0.467. The normalized spacial score (nSPS) is 15.7. The Labute approximate surface area is 144 Å². The minimum atomic E-state index is -3.21. The molecule has 1 fully saturated rings. The van der Waals surface area contributed by atoms with Gasteiger partial charge in [0.2, 0.25) is 5.91 Å². The predicted octanol–water partition coefficient (Wildman–Crippen LogP) is 1.26. The molecule has 1 atom stereocenters. The maximum atomic E-state index is 12.3. The summed E-state index contributed by atoms with van der Waals surface area (Å²) in [7, 11) is -3.21. The third-order valence-electron chi connectivity index (χ3n) is 3.44. The standard InChI is InChI=1S/C15H19BrN2O4S/c1-23(21,22)9-8-13(15(20)17-10-6-7-10)18-14(19)11-4-2-3-5-12(11)16/h2-5,10,13H,6-9H2,1H3,(H,17,20)(H,18,19)/t13-/m1/s1. The van der Waals surface area contributed by atoms with Crippen molar-refractivity contribution in [2.75, 3.05) is 12.0 Å². The fourth-order valence-corrected chi connectivity index (χ4v) is 3.14. The zero-order valence-corrected chi connectivity index (χ0v) is 15.1. The zero-order chi connectivity index (χ0) is 17.0. The van der Waals surface area contributed by atoms with Crippen molar-refractivity contribution in [1.29, 1.82) is 0 Å². The quantitative estimate of drug-likeness (QED) is 0.717. The van der Waals surface area contributed by atoms with Gasteiger partial charge in [-0.2, -0.15) is 0 Å². The molecule has 2 amide bonds. The Kier molecular flexibility index (Phi) is 5.80. The molecule has 23 heavy (non-hydrogen) atoms. The number of rotatable bonds is 7. The van der Waals surface area contributed by atoms with Gasteiger partial charge in [0.05, 0.1) is 11.3 Å². The van der Waals surface area contributed by atoms with Crippen molar-refractivity contribution < 1.29 is 18.0 Å². The number of amides is 2. The summed E-state index contributed by atoms with van der Waals surface area (Å²) in [5.41, 5.74) is 0.399. The van der Waals surface area contributed by atoms with Crippen LogP contribution in [0.4, 0.5) is 0 Å². The highest BCUT2D eigenvalue weighted by molar-refractivity contribution is 9.10. The molecule has 0 aliphatic heterocycles. The lowest BCUT2D eigenvalue weighted by atomic mass is 10.1. The van der Waals surface area contributed by atoms with E-state index >= 15 is 0 Å². The summed E-state index contributed by atoms with van der Waals surface area (Å²) in [6, 6.07) is 6.13. The highest BCUT2D eigenvalue weighted by Crippen LogP contribution is 2.19. The molecule has 1 aliphatic rings. The average Bonchev–Trinajstić information content (AvgIpc) is 3.26. The highest BCUT2D eigenvalue weighted by Gasteiger charge is 2.29. The number of hydrogen-bond acceptors (Lipinski definition) is 4. The van der Waals surface area contributed by atoms with Gasteiger partial charge in [-0.05, 0) is 47.3 Å². The van der Waals surface area contributed by atoms with Gasteiger partial charge in [0.25, 0.3) is 5.91 Å². The maximum absolute atomic E-state index is 12.3. The lowest BCUT2D eigenvalue weighted by Crippen LogP contribution is -2.48. The molecule has 6 nitrogen and oxygen atoms in total. The summed E-state index contributed by atoms with van der Waals surface area (Å²) in [5.74, 6) is -0.912. The van der Waals surface area contributed by atoms with Crippen LogP contribution in [-0.2, 0) is 14.6 Å². The second-order valence-electron chi connectivity index (χ2n) is 5.71. The summed E-state index contributed by atoms with van der Waals surface area (Å²) >= 11 is 3.29. The first-order chi connectivity index (χ1) is 10.8. The van der Waals surface area contributed by atoms with E-state index in [1.54, 1.807) is 24.3 Å². The number of nitrogens with one attached hydrogen (secondary N) is 2. The van der Waals surface area contributed by atoms with Crippen LogP contribution in [0.5, 0.6) is 0 Å². The van der Waals surface area contributed by atoms with E-state index in [-0.39, 0.29) is 24.1 Å². The van der Waals surface area contributed by atoms with E-state index in [2.05, 4.69) is 26.6 Å². The number of carbonyl (C=O) groups is 2. The van der Waals surface area contributed by atoms with Crippen molar-refractivity contribution in [2.24, 2.45) is 0 Å². The Morgan fingerprint density at radius 3 is 2.52 bits per heavy atom. The van der Waals surface area contributed by atoms with Gasteiger partial charge in [-0.1, -0.05) is 12.1 Å². The van der Waals surface area contributed by atoms with E-state index in [9.17, 15) is 18.0 Å². The molecule has 0 radical (unpaired) electrons. The Balaban J connectivity index is 2.07. The molecule has 0 unspecified atom stereocenters. The van der Waals surface area contributed by atoms with Crippen molar-refractivity contribution in [1.82, 2.24) is 10.6 Å². The first kappa shape index (κ1) is 17.9. The third kappa shape index (κ3) is 5.95. The van der Waals surface area contributed by atoms with Gasteiger partial charge in [-0.3, -0.25) is 9.59 Å². The SMILES string of the molecule is CS(=O)(=O)CC[C@@H](NC(=O)c1ccccc1Br)C(=O)NC1CC1. The topological polar surface area (TPSA) is 92.3 Å². The monoisotopic (exact) mass is 402 g/mol. The summed E-state index contributed by atoms with van der Waals surface area (Å²) < 4.78 is 23.3. The third-order valence-corrected chi connectivity index (χ3v) is 5.11. The van der Waals surface area contributed by atoms with E-state index in [4.69, 9.17) is 0 Å². The second-order valence-corrected chi connectivity index (χ2v) is 8.82. The van der Waals surface area contributed by atoms with Gasteiger partial charge < -0.3 is 10.6 Å². The molecule has 1 aromatic carbocycles. The van der Waals surface area contributed by atoms with E-state index in [1.807, 2.05) is 0 Å². The molecule has 8 heteroatoms. The van der Waals surface area contributed by atoms with Crippen LogP contribution in [0.15, 0.2) is 28.7 Å². The van der Waals surface area contributed by atoms with Crippen LogP contribution in [0.1, 0.15) is 29.6 Å². The first-order valence-corrected chi connectivity index (χ1v) is 10.1. The molecule has 2 N–H and O–H groups in total. The molecule has 0 saturated heterocycles. The molecule has 0 aromatic heterocycles. The summed E-state index contributed by atoms with van der Waals surface area (Å²) in [4.78, 5) is 24.6. The summed E-state index contributed by atoms with van der Waals surface area (Å²) in [6.45, 7) is 0. The van der Waals surface area contributed by atoms with Crippen LogP contribution in [0.2, 0.25) is 0 Å². The number of halogens is 1. The van der Waals surface area contributed by atoms with Crippen molar-refractivity contribution in [2.45, 2.75) is 31.3 Å². The zero-order valence-electron chi connectivity index (χ0n) is 12.7. The molecule has 2 rings (SSSR count). The van der Waals surface area contributed by atoms with Gasteiger partial charge in [-0.15, -0.1) is 0 Å². The minimum Gasteiger partial charge on any atom is -0.352 e. The Morgan fingerprint density at radius 2 is 1.96 bits per heavy atom. The van der Waals surface area contributed by atoms with E-state index in [0.29, 0.717) is 10.0 Å². The molecule has 1 saturated carbocycles. The largest absolute Gasteiger partial charge is 0.352 e. The first-order valence-electron chi connectivity index (χ1n) is 7.30. The second kappa shape index (κ2) is 7.44. The van der Waals surface area contributed by atoms with E-state index < -0.39 is 21.8 Å². The molecular formula is C15H19BrN2O4S. The van der Waals surface area contributed by atoms with E-state index in [0.717, 1.165) is 19.1 Å². The smallest absolute Gasteiger partial charge is 0.253 e. The number of carbonyl (C=O) groups excluding carboxylic acids is 2.